The van der Waals surface area contributed by atoms with Crippen LogP contribution in [0.15, 0.2) is 64.5 Å². The Morgan fingerprint density at radius 1 is 1.36 bits per heavy atom. The molecule has 3 aromatic heterocycles. The van der Waals surface area contributed by atoms with Gasteiger partial charge in [-0.3, -0.25) is 4.79 Å². The topological polar surface area (TPSA) is 46.5 Å². The number of ketones is 1. The maximum absolute atomic E-state index is 13.0. The number of aliphatic imine (C=N–C) groups is 1. The molecular weight excluding hydrogens is 376 g/mol. The number of hydrogen-bond donors (Lipinski definition) is 0. The highest BCUT2D eigenvalue weighted by Crippen LogP contribution is 2.24. The molecule has 0 unspecified atom stereocenters. The highest BCUT2D eigenvalue weighted by Gasteiger charge is 2.29. The maximum Gasteiger partial charge on any atom is 0.244 e. The first kappa shape index (κ1) is 17.8. The van der Waals surface area contributed by atoms with Crippen LogP contribution in [0.3, 0.4) is 0 Å². The van der Waals surface area contributed by atoms with E-state index in [1.165, 1.54) is 11.3 Å². The summed E-state index contributed by atoms with van der Waals surface area (Å²) in [5.74, 6) is 0.572. The van der Waals surface area contributed by atoms with Gasteiger partial charge in [0.15, 0.2) is 12.4 Å². The first-order chi connectivity index (χ1) is 12.0. The number of carbonyl (C=O) groups is 1. The molecule has 0 aromatic carbocycles. The monoisotopic (exact) mass is 390 g/mol. The number of furan rings is 1. The van der Waals surface area contributed by atoms with Crippen molar-refractivity contribution >= 4 is 46.4 Å². The second-order valence-electron chi connectivity index (χ2n) is 5.43. The number of aromatic nitrogens is 1. The Bertz CT molecular complexity index is 903. The van der Waals surface area contributed by atoms with Gasteiger partial charge in [-0.1, -0.05) is 11.6 Å². The molecule has 3 rings (SSSR count). The lowest BCUT2D eigenvalue weighted by molar-refractivity contribution is -0.692. The van der Waals surface area contributed by atoms with Crippen molar-refractivity contribution < 1.29 is 13.8 Å². The molecule has 0 saturated carbocycles. The Morgan fingerprint density at radius 3 is 2.84 bits per heavy atom. The predicted octanol–water partition coefficient (Wildman–Crippen LogP) is 4.16. The fourth-order valence-electron chi connectivity index (χ4n) is 2.38. The SMILES string of the molecule is Cc1ccc[n+]([C@H](C(=O)c2ccc(Cl)s2)C([S-])=NCc2ccco2)c1. The van der Waals surface area contributed by atoms with Crippen LogP contribution >= 0.6 is 22.9 Å². The summed E-state index contributed by atoms with van der Waals surface area (Å²) in [6.45, 7) is 2.26. The van der Waals surface area contributed by atoms with E-state index >= 15 is 0 Å². The van der Waals surface area contributed by atoms with Gasteiger partial charge in [-0.25, -0.2) is 0 Å². The van der Waals surface area contributed by atoms with E-state index in [0.717, 1.165) is 5.56 Å². The van der Waals surface area contributed by atoms with Crippen LogP contribution in [0.25, 0.3) is 0 Å². The second kappa shape index (κ2) is 7.91. The molecule has 0 aliphatic heterocycles. The molecule has 0 fully saturated rings. The molecule has 0 radical (unpaired) electrons. The molecule has 25 heavy (non-hydrogen) atoms. The van der Waals surface area contributed by atoms with Crippen molar-refractivity contribution in [2.45, 2.75) is 19.5 Å². The van der Waals surface area contributed by atoms with Crippen LogP contribution in [-0.2, 0) is 19.2 Å². The van der Waals surface area contributed by atoms with Crippen molar-refractivity contribution in [2.24, 2.45) is 4.99 Å². The number of Topliss-reactive ketones (excluding diaryl/α,β-unsaturated/α-hetero) is 1. The number of aryl methyl sites for hydroxylation is 1. The van der Waals surface area contributed by atoms with Gasteiger partial charge in [0.05, 0.1) is 22.0 Å². The lowest BCUT2D eigenvalue weighted by Crippen LogP contribution is -2.47. The molecule has 0 aliphatic rings. The number of hydrogen-bond acceptors (Lipinski definition) is 5. The Hall–Kier alpha value is -2.02. The molecule has 7 heteroatoms. The summed E-state index contributed by atoms with van der Waals surface area (Å²) >= 11 is 12.7. The first-order valence-corrected chi connectivity index (χ1v) is 9.15. The van der Waals surface area contributed by atoms with Gasteiger partial charge < -0.3 is 22.0 Å². The van der Waals surface area contributed by atoms with Gasteiger partial charge >= 0.3 is 0 Å². The van der Waals surface area contributed by atoms with E-state index in [0.29, 0.717) is 26.6 Å². The summed E-state index contributed by atoms with van der Waals surface area (Å²) in [5, 5.41) is 0.307. The fourth-order valence-corrected chi connectivity index (χ4v) is 3.68. The highest BCUT2D eigenvalue weighted by molar-refractivity contribution is 7.77. The van der Waals surface area contributed by atoms with Crippen molar-refractivity contribution in [3.63, 3.8) is 0 Å². The van der Waals surface area contributed by atoms with E-state index < -0.39 is 6.04 Å². The zero-order chi connectivity index (χ0) is 17.8. The van der Waals surface area contributed by atoms with E-state index in [4.69, 9.17) is 28.6 Å². The first-order valence-electron chi connectivity index (χ1n) is 7.55. The number of halogens is 1. The third-order valence-electron chi connectivity index (χ3n) is 3.54. The van der Waals surface area contributed by atoms with Crippen LogP contribution in [0.4, 0.5) is 0 Å². The van der Waals surface area contributed by atoms with Gasteiger partial charge in [-0.05, 0) is 42.3 Å². The molecule has 3 heterocycles. The molecule has 4 nitrogen and oxygen atoms in total. The number of pyridine rings is 1. The van der Waals surface area contributed by atoms with E-state index in [-0.39, 0.29) is 5.78 Å². The minimum atomic E-state index is -0.695. The quantitative estimate of drug-likeness (QED) is 0.209. The summed E-state index contributed by atoms with van der Waals surface area (Å²) in [4.78, 5) is 18.0. The van der Waals surface area contributed by atoms with Crippen LogP contribution in [0.5, 0.6) is 0 Å². The number of thiophene rings is 1. The fraction of sp³-hybridized carbons (Fsp3) is 0.167. The largest absolute Gasteiger partial charge is 0.758 e. The van der Waals surface area contributed by atoms with Crippen molar-refractivity contribution in [1.29, 1.82) is 0 Å². The summed E-state index contributed by atoms with van der Waals surface area (Å²) < 4.78 is 7.63. The van der Waals surface area contributed by atoms with E-state index in [2.05, 4.69) is 4.99 Å². The maximum atomic E-state index is 13.0. The van der Waals surface area contributed by atoms with Gasteiger partial charge in [-0.15, -0.1) is 11.3 Å². The van der Waals surface area contributed by atoms with Crippen LogP contribution in [-0.4, -0.2) is 10.8 Å². The van der Waals surface area contributed by atoms with Gasteiger partial charge in [-0.2, -0.15) is 4.57 Å². The van der Waals surface area contributed by atoms with Crippen molar-refractivity contribution in [2.75, 3.05) is 0 Å². The summed E-state index contributed by atoms with van der Waals surface area (Å²) in [7, 11) is 0. The number of nitrogens with zero attached hydrogens (tertiary/aromatic N) is 2. The van der Waals surface area contributed by atoms with E-state index in [1.54, 1.807) is 29.0 Å². The molecule has 0 spiro atoms. The standard InChI is InChI=1S/C18H15ClN2O2S2/c1-12-4-2-8-21(11-12)16(17(22)14-6-7-15(19)25-14)18(24)20-10-13-5-3-9-23-13/h2-9,11,16H,10H2,1H3/t16-/m1/s1. The smallest absolute Gasteiger partial charge is 0.244 e. The van der Waals surface area contributed by atoms with Crippen molar-refractivity contribution in [3.8, 4) is 0 Å². The van der Waals surface area contributed by atoms with Crippen molar-refractivity contribution in [1.82, 2.24) is 0 Å². The molecular formula is C18H15ClN2O2S2. The molecule has 3 aromatic rings. The summed E-state index contributed by atoms with van der Waals surface area (Å²) in [5.41, 5.74) is 1.03. The molecule has 0 aliphatic carbocycles. The molecule has 1 atom stereocenters. The zero-order valence-corrected chi connectivity index (χ0v) is 15.8. The van der Waals surface area contributed by atoms with Crippen LogP contribution < -0.4 is 4.57 Å². The number of rotatable bonds is 6. The van der Waals surface area contributed by atoms with Crippen molar-refractivity contribution in [3.05, 3.63) is 75.6 Å². The molecule has 0 saturated heterocycles. The summed E-state index contributed by atoms with van der Waals surface area (Å²) in [6.07, 6.45) is 5.28. The highest BCUT2D eigenvalue weighted by atomic mass is 35.5. The van der Waals surface area contributed by atoms with Crippen LogP contribution in [0.1, 0.15) is 27.0 Å². The van der Waals surface area contributed by atoms with Gasteiger partial charge in [0.2, 0.25) is 11.8 Å². The Morgan fingerprint density at radius 2 is 2.20 bits per heavy atom. The molecule has 128 valence electrons. The van der Waals surface area contributed by atoms with Gasteiger partial charge in [0, 0.05) is 11.6 Å². The average Bonchev–Trinajstić information content (AvgIpc) is 3.24. The predicted molar refractivity (Wildman–Crippen MR) is 101 cm³/mol. The third kappa shape index (κ3) is 4.34. The molecule has 0 bridgehead atoms. The minimum absolute atomic E-state index is 0.124. The van der Waals surface area contributed by atoms with E-state index in [1.807, 2.05) is 37.5 Å². The van der Waals surface area contributed by atoms with Crippen LogP contribution in [0.2, 0.25) is 4.34 Å². The third-order valence-corrected chi connectivity index (χ3v) is 5.14. The number of carbonyl (C=O) groups excluding carboxylic acids is 1. The Balaban J connectivity index is 1.96. The Kier molecular flexibility index (Phi) is 5.63. The molecule has 0 amide bonds. The lowest BCUT2D eigenvalue weighted by atomic mass is 10.1. The molecule has 0 N–H and O–H groups in total. The second-order valence-corrected chi connectivity index (χ2v) is 7.57. The average molecular weight is 391 g/mol. The van der Waals surface area contributed by atoms with Crippen LogP contribution in [0, 0.1) is 6.92 Å². The summed E-state index contributed by atoms with van der Waals surface area (Å²) in [6, 6.07) is 10.2. The normalized spacial score (nSPS) is 13.0. The van der Waals surface area contributed by atoms with E-state index in [9.17, 15) is 4.79 Å². The minimum Gasteiger partial charge on any atom is -0.758 e. The zero-order valence-electron chi connectivity index (χ0n) is 13.4. The Labute approximate surface area is 160 Å². The van der Waals surface area contributed by atoms with Gasteiger partial charge in [0.25, 0.3) is 0 Å². The lowest BCUT2D eigenvalue weighted by Gasteiger charge is -2.18. The van der Waals surface area contributed by atoms with Gasteiger partial charge in [0.1, 0.15) is 5.76 Å².